The van der Waals surface area contributed by atoms with Crippen LogP contribution in [0.15, 0.2) is 4.60 Å². The van der Waals surface area contributed by atoms with Crippen molar-refractivity contribution in [3.8, 4) is 0 Å². The molecule has 1 aliphatic heterocycles. The number of thioether (sulfide) groups is 1. The molecule has 0 N–H and O–H groups in total. The molecule has 2 heterocycles. The Morgan fingerprint density at radius 1 is 1.20 bits per heavy atom. The third kappa shape index (κ3) is 1.76. The quantitative estimate of drug-likeness (QED) is 0.779. The molecule has 0 unspecified atom stereocenters. The summed E-state index contributed by atoms with van der Waals surface area (Å²) in [5, 5.41) is 4.68. The van der Waals surface area contributed by atoms with Crippen molar-refractivity contribution >= 4 is 27.7 Å². The zero-order chi connectivity index (χ0) is 10.3. The van der Waals surface area contributed by atoms with Crippen LogP contribution in [0.5, 0.6) is 0 Å². The van der Waals surface area contributed by atoms with Crippen molar-refractivity contribution in [2.45, 2.75) is 49.7 Å². The zero-order valence-corrected chi connectivity index (χ0v) is 11.1. The molecule has 0 saturated heterocycles. The molecule has 82 valence electrons. The summed E-state index contributed by atoms with van der Waals surface area (Å²) in [7, 11) is 0. The molecule has 1 aromatic rings. The molecule has 0 atom stereocenters. The van der Waals surface area contributed by atoms with E-state index in [2.05, 4.69) is 25.7 Å². The second-order valence-electron chi connectivity index (χ2n) is 4.45. The predicted octanol–water partition coefficient (Wildman–Crippen LogP) is 3.90. The molecule has 0 bridgehead atoms. The van der Waals surface area contributed by atoms with Gasteiger partial charge in [0.2, 0.25) is 0 Å². The Morgan fingerprint density at radius 3 is 2.80 bits per heavy atom. The monoisotopic (exact) mass is 286 g/mol. The number of hydrogen-bond donors (Lipinski definition) is 0. The molecule has 3 rings (SSSR count). The Morgan fingerprint density at radius 2 is 2.00 bits per heavy atom. The highest BCUT2D eigenvalue weighted by molar-refractivity contribution is 9.10. The molecule has 0 amide bonds. The Bertz CT molecular complexity index is 369. The van der Waals surface area contributed by atoms with Gasteiger partial charge in [-0.15, -0.1) is 0 Å². The van der Waals surface area contributed by atoms with Crippen LogP contribution < -0.4 is 0 Å². The minimum Gasteiger partial charge on any atom is -0.264 e. The van der Waals surface area contributed by atoms with Crippen molar-refractivity contribution in [2.75, 3.05) is 0 Å². The van der Waals surface area contributed by atoms with E-state index in [1.165, 1.54) is 43.4 Å². The molecule has 1 aliphatic carbocycles. The number of nitrogens with zero attached hydrogens (tertiary/aromatic N) is 2. The van der Waals surface area contributed by atoms with Crippen LogP contribution in [0.1, 0.15) is 49.4 Å². The topological polar surface area (TPSA) is 17.8 Å². The van der Waals surface area contributed by atoms with E-state index in [4.69, 9.17) is 0 Å². The van der Waals surface area contributed by atoms with Gasteiger partial charge in [0.05, 0.1) is 11.7 Å². The van der Waals surface area contributed by atoms with Gasteiger partial charge in [-0.1, -0.05) is 19.3 Å². The average molecular weight is 287 g/mol. The molecule has 1 aromatic heterocycles. The van der Waals surface area contributed by atoms with Gasteiger partial charge in [0, 0.05) is 17.1 Å². The molecule has 2 nitrogen and oxygen atoms in total. The summed E-state index contributed by atoms with van der Waals surface area (Å²) in [6.07, 6.45) is 6.82. The predicted molar refractivity (Wildman–Crippen MR) is 67.0 cm³/mol. The van der Waals surface area contributed by atoms with Crippen LogP contribution in [-0.4, -0.2) is 9.78 Å². The lowest BCUT2D eigenvalue weighted by atomic mass is 9.95. The smallest absolute Gasteiger partial charge is 0.132 e. The third-order valence-electron chi connectivity index (χ3n) is 3.48. The Kier molecular flexibility index (Phi) is 2.81. The highest BCUT2D eigenvalue weighted by Crippen LogP contribution is 2.38. The largest absolute Gasteiger partial charge is 0.264 e. The molecular formula is C11H15BrN2S. The SMILES string of the molecule is Brc1nn(C2CCCCC2)c2c1CSC2. The lowest BCUT2D eigenvalue weighted by Gasteiger charge is -2.23. The van der Waals surface area contributed by atoms with E-state index in [1.54, 1.807) is 0 Å². The maximum absolute atomic E-state index is 4.68. The number of hydrogen-bond acceptors (Lipinski definition) is 2. The van der Waals surface area contributed by atoms with Gasteiger partial charge in [0.25, 0.3) is 0 Å². The Balaban J connectivity index is 1.93. The highest BCUT2D eigenvalue weighted by atomic mass is 79.9. The van der Waals surface area contributed by atoms with E-state index in [-0.39, 0.29) is 0 Å². The van der Waals surface area contributed by atoms with E-state index in [0.717, 1.165) is 16.1 Å². The van der Waals surface area contributed by atoms with E-state index in [0.29, 0.717) is 6.04 Å². The van der Waals surface area contributed by atoms with Crippen LogP contribution in [0.3, 0.4) is 0 Å². The molecule has 1 fully saturated rings. The summed E-state index contributed by atoms with van der Waals surface area (Å²) in [6.45, 7) is 0. The summed E-state index contributed by atoms with van der Waals surface area (Å²) in [5.41, 5.74) is 2.93. The summed E-state index contributed by atoms with van der Waals surface area (Å²) in [6, 6.07) is 0.678. The Hall–Kier alpha value is 0.0400. The first kappa shape index (κ1) is 10.2. The van der Waals surface area contributed by atoms with Gasteiger partial charge in [0.1, 0.15) is 4.60 Å². The molecule has 15 heavy (non-hydrogen) atoms. The lowest BCUT2D eigenvalue weighted by Crippen LogP contribution is -2.16. The first-order chi connectivity index (χ1) is 7.36. The van der Waals surface area contributed by atoms with Crippen LogP contribution in [0.2, 0.25) is 0 Å². The molecule has 0 spiro atoms. The molecule has 1 saturated carbocycles. The van der Waals surface area contributed by atoms with Gasteiger partial charge in [-0.25, -0.2) is 0 Å². The lowest BCUT2D eigenvalue weighted by molar-refractivity contribution is 0.323. The standard InChI is InChI=1S/C11H15BrN2S/c12-11-9-6-15-7-10(9)14(13-11)8-4-2-1-3-5-8/h8H,1-7H2. The van der Waals surface area contributed by atoms with E-state index >= 15 is 0 Å². The summed E-state index contributed by atoms with van der Waals surface area (Å²) in [5.74, 6) is 2.30. The zero-order valence-electron chi connectivity index (χ0n) is 8.71. The minimum atomic E-state index is 0.678. The number of halogens is 1. The van der Waals surface area contributed by atoms with Gasteiger partial charge in [-0.3, -0.25) is 4.68 Å². The van der Waals surface area contributed by atoms with Crippen molar-refractivity contribution in [1.29, 1.82) is 0 Å². The minimum absolute atomic E-state index is 0.678. The highest BCUT2D eigenvalue weighted by Gasteiger charge is 2.26. The molecule has 4 heteroatoms. The van der Waals surface area contributed by atoms with Gasteiger partial charge in [-0.2, -0.15) is 16.9 Å². The van der Waals surface area contributed by atoms with Crippen LogP contribution in [0, 0.1) is 0 Å². The second kappa shape index (κ2) is 4.13. The molecular weight excluding hydrogens is 272 g/mol. The Labute approximate surface area is 103 Å². The van der Waals surface area contributed by atoms with Crippen molar-refractivity contribution in [2.24, 2.45) is 0 Å². The van der Waals surface area contributed by atoms with Crippen LogP contribution in [0.25, 0.3) is 0 Å². The van der Waals surface area contributed by atoms with Crippen molar-refractivity contribution < 1.29 is 0 Å². The first-order valence-electron chi connectivity index (χ1n) is 5.70. The van der Waals surface area contributed by atoms with Gasteiger partial charge in [0.15, 0.2) is 0 Å². The summed E-state index contributed by atoms with van der Waals surface area (Å²) in [4.78, 5) is 0. The fraction of sp³-hybridized carbons (Fsp3) is 0.727. The fourth-order valence-corrected chi connectivity index (χ4v) is 4.48. The van der Waals surface area contributed by atoms with E-state index in [9.17, 15) is 0 Å². The number of rotatable bonds is 1. The van der Waals surface area contributed by atoms with Gasteiger partial charge >= 0.3 is 0 Å². The first-order valence-corrected chi connectivity index (χ1v) is 7.64. The maximum Gasteiger partial charge on any atom is 0.132 e. The maximum atomic E-state index is 4.68. The van der Waals surface area contributed by atoms with E-state index in [1.807, 2.05) is 11.8 Å². The average Bonchev–Trinajstić information content (AvgIpc) is 2.84. The van der Waals surface area contributed by atoms with Crippen molar-refractivity contribution in [3.63, 3.8) is 0 Å². The summed E-state index contributed by atoms with van der Waals surface area (Å²) >= 11 is 5.60. The second-order valence-corrected chi connectivity index (χ2v) is 6.18. The van der Waals surface area contributed by atoms with Crippen molar-refractivity contribution in [3.05, 3.63) is 15.9 Å². The third-order valence-corrected chi connectivity index (χ3v) is 5.08. The van der Waals surface area contributed by atoms with Crippen LogP contribution in [0.4, 0.5) is 0 Å². The fourth-order valence-electron chi connectivity index (χ4n) is 2.65. The van der Waals surface area contributed by atoms with Crippen LogP contribution in [-0.2, 0) is 11.5 Å². The molecule has 0 aromatic carbocycles. The molecule has 2 aliphatic rings. The van der Waals surface area contributed by atoms with E-state index < -0.39 is 0 Å². The van der Waals surface area contributed by atoms with Crippen molar-refractivity contribution in [1.82, 2.24) is 9.78 Å². The summed E-state index contributed by atoms with van der Waals surface area (Å²) < 4.78 is 3.41. The van der Waals surface area contributed by atoms with Gasteiger partial charge < -0.3 is 0 Å². The number of fused-ring (bicyclic) bond motifs is 1. The molecule has 0 radical (unpaired) electrons. The van der Waals surface area contributed by atoms with Crippen LogP contribution >= 0.6 is 27.7 Å². The van der Waals surface area contributed by atoms with Gasteiger partial charge in [-0.05, 0) is 28.8 Å². The number of aromatic nitrogens is 2. The normalized spacial score (nSPS) is 21.9.